The molecule has 0 aliphatic carbocycles. The number of esters is 3. The molecule has 0 saturated carbocycles. The van der Waals surface area contributed by atoms with Gasteiger partial charge in [-0.25, -0.2) is 4.79 Å². The Balaban J connectivity index is 0.000000651. The number of carbonyl (C=O) groups excluding carboxylic acids is 3. The lowest BCUT2D eigenvalue weighted by Crippen LogP contribution is -2.44. The Labute approximate surface area is 178 Å². The van der Waals surface area contributed by atoms with Crippen molar-refractivity contribution in [2.75, 3.05) is 26.4 Å². The third kappa shape index (κ3) is 12.1. The van der Waals surface area contributed by atoms with Crippen LogP contribution in [-0.4, -0.2) is 65.7 Å². The predicted octanol–water partition coefficient (Wildman–Crippen LogP) is 2.84. The van der Waals surface area contributed by atoms with Crippen molar-refractivity contribution in [2.24, 2.45) is 0 Å². The van der Waals surface area contributed by atoms with E-state index in [2.05, 4.69) is 28.1 Å². The molecule has 0 amide bonds. The molecule has 29 heavy (non-hydrogen) atoms. The van der Waals surface area contributed by atoms with Crippen LogP contribution in [0.15, 0.2) is 0 Å². The lowest BCUT2D eigenvalue weighted by Gasteiger charge is -2.26. The van der Waals surface area contributed by atoms with Crippen molar-refractivity contribution >= 4 is 29.7 Å². The fourth-order valence-electron chi connectivity index (χ4n) is 2.65. The van der Waals surface area contributed by atoms with Gasteiger partial charge < -0.3 is 24.1 Å². The molecule has 8 nitrogen and oxygen atoms in total. The van der Waals surface area contributed by atoms with Gasteiger partial charge in [-0.1, -0.05) is 13.3 Å². The molecular weight excluding hydrogens is 400 g/mol. The summed E-state index contributed by atoms with van der Waals surface area (Å²) in [4.78, 5) is 34.4. The van der Waals surface area contributed by atoms with Crippen molar-refractivity contribution in [1.82, 2.24) is 0 Å². The van der Waals surface area contributed by atoms with Crippen LogP contribution in [-0.2, 0) is 33.3 Å². The number of thioether (sulfide) groups is 1. The summed E-state index contributed by atoms with van der Waals surface area (Å²) in [5, 5.41) is 11.0. The highest BCUT2D eigenvalue weighted by molar-refractivity contribution is 8.00. The number of carbonyl (C=O) groups is 3. The number of hydrogen-bond acceptors (Lipinski definition) is 9. The standard InChI is InChI=1S/C12H20O7.C8H16OS/c1-4-17-9(13)7-12(16,11(15)19-6-3)8-10(14)18-5-2;1-3-4-8-5-6-9-7(2)10-8/h16H,4-8H2,1-3H3;7-8H,3-6H2,1-2H3. The summed E-state index contributed by atoms with van der Waals surface area (Å²) >= 11 is 1.99. The van der Waals surface area contributed by atoms with Crippen molar-refractivity contribution < 1.29 is 38.4 Å². The summed E-state index contributed by atoms with van der Waals surface area (Å²) in [6.07, 6.45) is 2.61. The van der Waals surface area contributed by atoms with Crippen molar-refractivity contribution in [3.8, 4) is 0 Å². The summed E-state index contributed by atoms with van der Waals surface area (Å²) in [5.41, 5.74) is -1.82. The van der Waals surface area contributed by atoms with E-state index < -0.39 is 36.4 Å². The Morgan fingerprint density at radius 1 is 1.00 bits per heavy atom. The van der Waals surface area contributed by atoms with Gasteiger partial charge in [-0.2, -0.15) is 0 Å². The molecule has 0 radical (unpaired) electrons. The summed E-state index contributed by atoms with van der Waals surface area (Å²) < 4.78 is 19.4. The van der Waals surface area contributed by atoms with Gasteiger partial charge in [-0.15, -0.1) is 11.8 Å². The third-order valence-corrected chi connectivity index (χ3v) is 5.30. The zero-order chi connectivity index (χ0) is 22.3. The van der Waals surface area contributed by atoms with E-state index in [1.807, 2.05) is 11.8 Å². The largest absolute Gasteiger partial charge is 0.466 e. The molecule has 0 aromatic heterocycles. The predicted molar refractivity (Wildman–Crippen MR) is 110 cm³/mol. The topological polar surface area (TPSA) is 108 Å². The van der Waals surface area contributed by atoms with Crippen LogP contribution in [0.5, 0.6) is 0 Å². The van der Waals surface area contributed by atoms with Gasteiger partial charge >= 0.3 is 17.9 Å². The molecule has 2 unspecified atom stereocenters. The van der Waals surface area contributed by atoms with Crippen molar-refractivity contribution in [2.45, 2.75) is 83.0 Å². The van der Waals surface area contributed by atoms with Crippen molar-refractivity contribution in [3.05, 3.63) is 0 Å². The minimum absolute atomic E-state index is 0.0206. The average Bonchev–Trinajstić information content (AvgIpc) is 2.63. The monoisotopic (exact) mass is 436 g/mol. The van der Waals surface area contributed by atoms with Crippen LogP contribution < -0.4 is 0 Å². The highest BCUT2D eigenvalue weighted by Gasteiger charge is 2.43. The van der Waals surface area contributed by atoms with E-state index in [0.717, 1.165) is 11.9 Å². The minimum Gasteiger partial charge on any atom is -0.466 e. The maximum Gasteiger partial charge on any atom is 0.339 e. The lowest BCUT2D eigenvalue weighted by atomic mass is 9.95. The van der Waals surface area contributed by atoms with Crippen LogP contribution in [0.3, 0.4) is 0 Å². The molecule has 0 spiro atoms. The van der Waals surface area contributed by atoms with Gasteiger partial charge in [-0.05, 0) is 40.5 Å². The van der Waals surface area contributed by atoms with E-state index in [0.29, 0.717) is 5.44 Å². The fraction of sp³-hybridized carbons (Fsp3) is 0.850. The van der Waals surface area contributed by atoms with Crippen LogP contribution in [0.2, 0.25) is 0 Å². The average molecular weight is 437 g/mol. The lowest BCUT2D eigenvalue weighted by molar-refractivity contribution is -0.177. The van der Waals surface area contributed by atoms with Crippen LogP contribution in [0.1, 0.15) is 66.7 Å². The molecule has 0 bridgehead atoms. The number of ether oxygens (including phenoxy) is 4. The summed E-state index contributed by atoms with van der Waals surface area (Å²) in [7, 11) is 0. The van der Waals surface area contributed by atoms with E-state index in [9.17, 15) is 19.5 Å². The van der Waals surface area contributed by atoms with Crippen molar-refractivity contribution in [3.63, 3.8) is 0 Å². The first kappa shape index (κ1) is 27.7. The van der Waals surface area contributed by atoms with Gasteiger partial charge in [0.05, 0.1) is 32.7 Å². The highest BCUT2D eigenvalue weighted by atomic mass is 32.2. The summed E-state index contributed by atoms with van der Waals surface area (Å²) in [5.74, 6) is -2.62. The number of rotatable bonds is 10. The summed E-state index contributed by atoms with van der Waals surface area (Å²) in [6, 6.07) is 0. The third-order valence-electron chi connectivity index (χ3n) is 3.93. The van der Waals surface area contributed by atoms with Crippen molar-refractivity contribution in [1.29, 1.82) is 0 Å². The van der Waals surface area contributed by atoms with Crippen LogP contribution >= 0.6 is 11.8 Å². The molecule has 9 heteroatoms. The summed E-state index contributed by atoms with van der Waals surface area (Å²) in [6.45, 7) is 10.3. The van der Waals surface area contributed by atoms with E-state index in [-0.39, 0.29) is 19.8 Å². The van der Waals surface area contributed by atoms with Crippen LogP contribution in [0.4, 0.5) is 0 Å². The fourth-order valence-corrected chi connectivity index (χ4v) is 3.97. The first-order valence-electron chi connectivity index (χ1n) is 10.2. The SMILES string of the molecule is CCCC1CCOC(C)S1.CCOC(=O)CC(O)(CC(=O)OCC)C(=O)OCC. The van der Waals surface area contributed by atoms with Gasteiger partial charge in [0.1, 0.15) is 5.44 Å². The first-order valence-corrected chi connectivity index (χ1v) is 11.1. The Kier molecular flexibility index (Phi) is 14.8. The minimum atomic E-state index is -2.26. The van der Waals surface area contributed by atoms with Gasteiger partial charge in [0.15, 0.2) is 5.60 Å². The van der Waals surface area contributed by atoms with Crippen LogP contribution in [0.25, 0.3) is 0 Å². The second kappa shape index (κ2) is 15.5. The molecule has 1 rings (SSSR count). The zero-order valence-electron chi connectivity index (χ0n) is 18.2. The molecule has 1 fully saturated rings. The Morgan fingerprint density at radius 3 is 1.93 bits per heavy atom. The van der Waals surface area contributed by atoms with Gasteiger partial charge in [0.2, 0.25) is 0 Å². The van der Waals surface area contributed by atoms with Gasteiger partial charge in [0, 0.05) is 11.9 Å². The maximum absolute atomic E-state index is 11.7. The molecule has 170 valence electrons. The smallest absolute Gasteiger partial charge is 0.339 e. The Bertz CT molecular complexity index is 475. The Hall–Kier alpha value is -1.32. The molecule has 1 heterocycles. The first-order chi connectivity index (χ1) is 13.7. The van der Waals surface area contributed by atoms with E-state index in [4.69, 9.17) is 4.74 Å². The van der Waals surface area contributed by atoms with E-state index in [1.165, 1.54) is 19.3 Å². The molecule has 1 aliphatic rings. The molecular formula is C20H36O8S. The second-order valence-corrected chi connectivity index (χ2v) is 8.09. The molecule has 1 saturated heterocycles. The van der Waals surface area contributed by atoms with E-state index in [1.54, 1.807) is 20.8 Å². The number of hydrogen-bond donors (Lipinski definition) is 1. The normalized spacial score (nSPS) is 18.8. The quantitative estimate of drug-likeness (QED) is 0.408. The maximum atomic E-state index is 11.7. The molecule has 0 aromatic rings. The Morgan fingerprint density at radius 2 is 1.52 bits per heavy atom. The molecule has 0 aromatic carbocycles. The van der Waals surface area contributed by atoms with Crippen LogP contribution in [0, 0.1) is 0 Å². The zero-order valence-corrected chi connectivity index (χ0v) is 19.0. The second-order valence-electron chi connectivity index (χ2n) is 6.49. The molecule has 1 aliphatic heterocycles. The van der Waals surface area contributed by atoms with Gasteiger partial charge in [0.25, 0.3) is 0 Å². The van der Waals surface area contributed by atoms with Gasteiger partial charge in [-0.3, -0.25) is 9.59 Å². The number of aliphatic hydroxyl groups is 1. The molecule has 1 N–H and O–H groups in total. The van der Waals surface area contributed by atoms with E-state index >= 15 is 0 Å². The highest BCUT2D eigenvalue weighted by Crippen LogP contribution is 2.29. The molecule has 2 atom stereocenters.